The van der Waals surface area contributed by atoms with Crippen LogP contribution in [0, 0.1) is 0 Å². The average molecular weight is 250 g/mol. The minimum atomic E-state index is 0.0548. The molecular weight excluding hydrogens is 228 g/mol. The Morgan fingerprint density at radius 3 is 2.72 bits per heavy atom. The zero-order valence-electron chi connectivity index (χ0n) is 10.9. The third kappa shape index (κ3) is 7.04. The Morgan fingerprint density at radius 1 is 1.22 bits per heavy atom. The first-order valence-electron chi connectivity index (χ1n) is 6.36. The molecule has 100 valence electrons. The van der Waals surface area contributed by atoms with Gasteiger partial charge in [-0.25, -0.2) is 0 Å². The maximum Gasteiger partial charge on any atom is 0.222 e. The number of carbonyl (C=O) groups excluding carboxylic acids is 1. The second-order valence-corrected chi connectivity index (χ2v) is 4.10. The molecule has 0 heterocycles. The lowest BCUT2D eigenvalue weighted by molar-refractivity contribution is -0.122. The summed E-state index contributed by atoms with van der Waals surface area (Å²) in [7, 11) is 1.90. The molecule has 0 saturated carbocycles. The lowest BCUT2D eigenvalue weighted by Gasteiger charge is -2.06. The average Bonchev–Trinajstić information content (AvgIpc) is 2.41. The van der Waals surface area contributed by atoms with Gasteiger partial charge in [-0.15, -0.1) is 0 Å². The van der Waals surface area contributed by atoms with Crippen molar-refractivity contribution in [2.24, 2.45) is 0 Å². The third-order valence-electron chi connectivity index (χ3n) is 2.51. The molecule has 0 spiro atoms. The molecular formula is C14H22N2O2. The van der Waals surface area contributed by atoms with E-state index in [-0.39, 0.29) is 5.91 Å². The van der Waals surface area contributed by atoms with Crippen LogP contribution in [0.3, 0.4) is 0 Å². The molecule has 0 aromatic heterocycles. The zero-order valence-corrected chi connectivity index (χ0v) is 10.9. The van der Waals surface area contributed by atoms with Crippen molar-refractivity contribution >= 4 is 5.91 Å². The quantitative estimate of drug-likeness (QED) is 0.650. The predicted octanol–water partition coefficient (Wildman–Crippen LogP) is 1.32. The number of amides is 1. The highest BCUT2D eigenvalue weighted by atomic mass is 16.5. The van der Waals surface area contributed by atoms with Gasteiger partial charge in [0.05, 0.1) is 13.2 Å². The first-order chi connectivity index (χ1) is 8.83. The fraction of sp³-hybridized carbons (Fsp3) is 0.500. The van der Waals surface area contributed by atoms with E-state index in [1.807, 2.05) is 37.4 Å². The summed E-state index contributed by atoms with van der Waals surface area (Å²) in [5.41, 5.74) is 1.13. The Kier molecular flexibility index (Phi) is 7.84. The summed E-state index contributed by atoms with van der Waals surface area (Å²) in [5.74, 6) is 0.0548. The highest BCUT2D eigenvalue weighted by Gasteiger charge is 2.00. The fourth-order valence-corrected chi connectivity index (χ4v) is 1.51. The van der Waals surface area contributed by atoms with E-state index < -0.39 is 0 Å². The molecule has 0 radical (unpaired) electrons. The highest BCUT2D eigenvalue weighted by Crippen LogP contribution is 2.00. The lowest BCUT2D eigenvalue weighted by Crippen LogP contribution is -2.27. The van der Waals surface area contributed by atoms with Crippen molar-refractivity contribution in [3.05, 3.63) is 35.9 Å². The van der Waals surface area contributed by atoms with Gasteiger partial charge >= 0.3 is 0 Å². The smallest absolute Gasteiger partial charge is 0.222 e. The molecule has 1 rings (SSSR count). The van der Waals surface area contributed by atoms with Gasteiger partial charge in [0, 0.05) is 13.0 Å². The van der Waals surface area contributed by atoms with Gasteiger partial charge in [0.15, 0.2) is 0 Å². The van der Waals surface area contributed by atoms with Crippen molar-refractivity contribution in [3.63, 3.8) is 0 Å². The van der Waals surface area contributed by atoms with Crippen LogP contribution in [0.2, 0.25) is 0 Å². The lowest BCUT2D eigenvalue weighted by atomic mass is 10.2. The Hall–Kier alpha value is -1.39. The van der Waals surface area contributed by atoms with Crippen LogP contribution in [0.1, 0.15) is 18.4 Å². The topological polar surface area (TPSA) is 50.4 Å². The maximum absolute atomic E-state index is 11.4. The van der Waals surface area contributed by atoms with Crippen molar-refractivity contribution in [2.45, 2.75) is 19.4 Å². The van der Waals surface area contributed by atoms with E-state index in [0.29, 0.717) is 19.6 Å². The van der Waals surface area contributed by atoms with Crippen molar-refractivity contribution < 1.29 is 9.53 Å². The molecule has 4 nitrogen and oxygen atoms in total. The maximum atomic E-state index is 11.4. The van der Waals surface area contributed by atoms with Crippen LogP contribution in [0.25, 0.3) is 0 Å². The Bertz CT molecular complexity index is 328. The van der Waals surface area contributed by atoms with Crippen molar-refractivity contribution in [1.29, 1.82) is 0 Å². The normalized spacial score (nSPS) is 10.3. The molecule has 0 aliphatic heterocycles. The summed E-state index contributed by atoms with van der Waals surface area (Å²) in [4.78, 5) is 11.4. The van der Waals surface area contributed by atoms with Gasteiger partial charge in [-0.3, -0.25) is 4.79 Å². The predicted molar refractivity (Wildman–Crippen MR) is 72.3 cm³/mol. The minimum Gasteiger partial charge on any atom is -0.376 e. The van der Waals surface area contributed by atoms with Crippen molar-refractivity contribution in [2.75, 3.05) is 26.7 Å². The van der Waals surface area contributed by atoms with Crippen LogP contribution in [-0.4, -0.2) is 32.7 Å². The number of ether oxygens (including phenoxy) is 1. The molecule has 4 heteroatoms. The second-order valence-electron chi connectivity index (χ2n) is 4.10. The van der Waals surface area contributed by atoms with Gasteiger partial charge in [0.1, 0.15) is 0 Å². The third-order valence-corrected chi connectivity index (χ3v) is 2.51. The summed E-state index contributed by atoms with van der Waals surface area (Å²) in [5, 5.41) is 5.89. The van der Waals surface area contributed by atoms with Gasteiger partial charge in [0.25, 0.3) is 0 Å². The van der Waals surface area contributed by atoms with Crippen LogP contribution >= 0.6 is 0 Å². The Labute approximate surface area is 109 Å². The van der Waals surface area contributed by atoms with Gasteiger partial charge in [-0.2, -0.15) is 0 Å². The van der Waals surface area contributed by atoms with E-state index in [1.54, 1.807) is 0 Å². The van der Waals surface area contributed by atoms with Crippen LogP contribution < -0.4 is 10.6 Å². The zero-order chi connectivity index (χ0) is 13.1. The first-order valence-corrected chi connectivity index (χ1v) is 6.36. The van der Waals surface area contributed by atoms with Gasteiger partial charge in [-0.1, -0.05) is 30.3 Å². The van der Waals surface area contributed by atoms with Crippen molar-refractivity contribution in [3.8, 4) is 0 Å². The first kappa shape index (κ1) is 14.7. The Morgan fingerprint density at radius 2 is 2.00 bits per heavy atom. The van der Waals surface area contributed by atoms with Crippen LogP contribution in [-0.2, 0) is 16.1 Å². The summed E-state index contributed by atoms with van der Waals surface area (Å²) in [6.07, 6.45) is 1.37. The van der Waals surface area contributed by atoms with E-state index in [1.165, 1.54) is 0 Å². The van der Waals surface area contributed by atoms with E-state index in [2.05, 4.69) is 10.6 Å². The van der Waals surface area contributed by atoms with Crippen LogP contribution in [0.5, 0.6) is 0 Å². The number of hydrogen-bond acceptors (Lipinski definition) is 3. The number of carbonyl (C=O) groups is 1. The molecule has 1 aromatic rings. The monoisotopic (exact) mass is 250 g/mol. The molecule has 0 aliphatic carbocycles. The number of nitrogens with one attached hydrogen (secondary N) is 2. The van der Waals surface area contributed by atoms with E-state index >= 15 is 0 Å². The van der Waals surface area contributed by atoms with E-state index in [0.717, 1.165) is 25.1 Å². The number of hydrogen-bond donors (Lipinski definition) is 2. The Balaban J connectivity index is 1.99. The molecule has 1 aromatic carbocycles. The SMILES string of the molecule is CNCCCNC(=O)CCOCc1ccccc1. The minimum absolute atomic E-state index is 0.0548. The highest BCUT2D eigenvalue weighted by molar-refractivity contribution is 5.75. The van der Waals surface area contributed by atoms with Crippen molar-refractivity contribution in [1.82, 2.24) is 10.6 Å². The number of rotatable bonds is 9. The molecule has 18 heavy (non-hydrogen) atoms. The molecule has 0 aliphatic rings. The standard InChI is InChI=1S/C14H22N2O2/c1-15-9-5-10-16-14(17)8-11-18-12-13-6-3-2-4-7-13/h2-4,6-7,15H,5,8-12H2,1H3,(H,16,17). The van der Waals surface area contributed by atoms with E-state index in [9.17, 15) is 4.79 Å². The summed E-state index contributed by atoms with van der Waals surface area (Å²) in [6.45, 7) is 2.67. The molecule has 0 saturated heterocycles. The molecule has 0 bridgehead atoms. The van der Waals surface area contributed by atoms with Gasteiger partial charge in [0.2, 0.25) is 5.91 Å². The molecule has 1 amide bonds. The molecule has 2 N–H and O–H groups in total. The molecule has 0 unspecified atom stereocenters. The fourth-order valence-electron chi connectivity index (χ4n) is 1.51. The van der Waals surface area contributed by atoms with Gasteiger partial charge in [-0.05, 0) is 25.6 Å². The largest absolute Gasteiger partial charge is 0.376 e. The summed E-state index contributed by atoms with van der Waals surface area (Å²) in [6, 6.07) is 9.96. The van der Waals surface area contributed by atoms with E-state index in [4.69, 9.17) is 4.74 Å². The number of benzene rings is 1. The van der Waals surface area contributed by atoms with Crippen LogP contribution in [0.4, 0.5) is 0 Å². The molecule has 0 atom stereocenters. The van der Waals surface area contributed by atoms with Gasteiger partial charge < -0.3 is 15.4 Å². The van der Waals surface area contributed by atoms with Crippen LogP contribution in [0.15, 0.2) is 30.3 Å². The summed E-state index contributed by atoms with van der Waals surface area (Å²) >= 11 is 0. The second kappa shape index (κ2) is 9.62. The summed E-state index contributed by atoms with van der Waals surface area (Å²) < 4.78 is 5.44. The molecule has 0 fully saturated rings.